The number of hydrogen-bond donors (Lipinski definition) is 3. The van der Waals surface area contributed by atoms with Gasteiger partial charge in [-0.1, -0.05) is 6.92 Å². The molecule has 0 bridgehead atoms. The summed E-state index contributed by atoms with van der Waals surface area (Å²) in [7, 11) is 0. The van der Waals surface area contributed by atoms with Gasteiger partial charge in [0, 0.05) is 18.7 Å². The lowest BCUT2D eigenvalue weighted by atomic mass is 10.2. The fourth-order valence-corrected chi connectivity index (χ4v) is 0.878. The van der Waals surface area contributed by atoms with Crippen LogP contribution < -0.4 is 11.2 Å². The molecular formula is C7H13N3O2. The minimum atomic E-state index is 0.307. The molecule has 0 fully saturated rings. The van der Waals surface area contributed by atoms with Crippen molar-refractivity contribution in [2.75, 3.05) is 13.2 Å². The maximum Gasteiger partial charge on any atom is 0.236 e. The smallest absolute Gasteiger partial charge is 0.236 e. The van der Waals surface area contributed by atoms with Crippen molar-refractivity contribution in [1.29, 1.82) is 0 Å². The highest BCUT2D eigenvalue weighted by atomic mass is 16.5. The number of nitrogens with two attached hydrogens (primary N) is 1. The Morgan fingerprint density at radius 3 is 3.08 bits per heavy atom. The van der Waals surface area contributed by atoms with Gasteiger partial charge in [0.25, 0.3) is 0 Å². The molecule has 0 spiro atoms. The van der Waals surface area contributed by atoms with Gasteiger partial charge >= 0.3 is 0 Å². The van der Waals surface area contributed by atoms with Gasteiger partial charge < -0.3 is 10.5 Å². The first-order valence-corrected chi connectivity index (χ1v) is 3.77. The fourth-order valence-electron chi connectivity index (χ4n) is 0.878. The van der Waals surface area contributed by atoms with Gasteiger partial charge in [-0.15, -0.1) is 0 Å². The Bertz CT molecular complexity index is 213. The molecule has 5 nitrogen and oxygen atoms in total. The Hall–Kier alpha value is -1.23. The van der Waals surface area contributed by atoms with Crippen molar-refractivity contribution in [1.82, 2.24) is 5.48 Å². The molecule has 1 atom stereocenters. The van der Waals surface area contributed by atoms with E-state index in [1.54, 1.807) is 0 Å². The SMILES string of the molecule is CC1CN=C(/C(=C\N)NO)OC1. The molecule has 12 heavy (non-hydrogen) atoms. The summed E-state index contributed by atoms with van der Waals surface area (Å²) < 4.78 is 5.21. The Balaban J connectivity index is 2.64. The minimum absolute atomic E-state index is 0.307. The molecule has 0 saturated carbocycles. The Morgan fingerprint density at radius 1 is 1.92 bits per heavy atom. The molecule has 4 N–H and O–H groups in total. The number of nitrogens with zero attached hydrogens (tertiary/aromatic N) is 1. The van der Waals surface area contributed by atoms with Crippen LogP contribution in [0.5, 0.6) is 0 Å². The highest BCUT2D eigenvalue weighted by molar-refractivity contribution is 5.92. The average Bonchev–Trinajstić information content (AvgIpc) is 2.10. The van der Waals surface area contributed by atoms with Crippen LogP contribution in [0.25, 0.3) is 0 Å². The summed E-state index contributed by atoms with van der Waals surface area (Å²) in [6, 6.07) is 0. The molecule has 0 aromatic heterocycles. The maximum atomic E-state index is 8.59. The number of aliphatic imine (C=N–C) groups is 1. The maximum absolute atomic E-state index is 8.59. The van der Waals surface area contributed by atoms with Crippen LogP contribution >= 0.6 is 0 Å². The molecular weight excluding hydrogens is 158 g/mol. The molecule has 1 aliphatic heterocycles. The zero-order chi connectivity index (χ0) is 8.97. The quantitative estimate of drug-likeness (QED) is 0.504. The lowest BCUT2D eigenvalue weighted by molar-refractivity contribution is 0.187. The zero-order valence-corrected chi connectivity index (χ0v) is 6.95. The molecule has 0 aliphatic carbocycles. The first-order valence-electron chi connectivity index (χ1n) is 3.77. The van der Waals surface area contributed by atoms with Crippen molar-refractivity contribution in [2.24, 2.45) is 16.6 Å². The van der Waals surface area contributed by atoms with Gasteiger partial charge in [0.05, 0.1) is 6.61 Å². The van der Waals surface area contributed by atoms with Gasteiger partial charge in [-0.05, 0) is 0 Å². The lowest BCUT2D eigenvalue weighted by Crippen LogP contribution is -2.27. The third kappa shape index (κ3) is 1.88. The lowest BCUT2D eigenvalue weighted by Gasteiger charge is -2.19. The summed E-state index contributed by atoms with van der Waals surface area (Å²) >= 11 is 0. The predicted molar refractivity (Wildman–Crippen MR) is 44.6 cm³/mol. The van der Waals surface area contributed by atoms with E-state index >= 15 is 0 Å². The second kappa shape index (κ2) is 3.96. The molecule has 0 aromatic rings. The molecule has 1 aliphatic rings. The van der Waals surface area contributed by atoms with Crippen LogP contribution in [0.2, 0.25) is 0 Å². The molecule has 0 amide bonds. The molecule has 1 heterocycles. The molecule has 68 valence electrons. The predicted octanol–water partition coefficient (Wildman–Crippen LogP) is -0.170. The number of hydroxylamine groups is 1. The Morgan fingerprint density at radius 2 is 2.67 bits per heavy atom. The van der Waals surface area contributed by atoms with Crippen molar-refractivity contribution >= 4 is 5.90 Å². The van der Waals surface area contributed by atoms with E-state index in [1.807, 2.05) is 12.4 Å². The van der Waals surface area contributed by atoms with Crippen molar-refractivity contribution in [3.63, 3.8) is 0 Å². The van der Waals surface area contributed by atoms with Crippen LogP contribution in [0.15, 0.2) is 16.9 Å². The third-order valence-corrected chi connectivity index (χ3v) is 1.57. The van der Waals surface area contributed by atoms with E-state index in [-0.39, 0.29) is 0 Å². The third-order valence-electron chi connectivity index (χ3n) is 1.57. The number of nitrogens with one attached hydrogen (secondary N) is 1. The molecule has 0 saturated heterocycles. The van der Waals surface area contributed by atoms with Gasteiger partial charge in [-0.3, -0.25) is 10.7 Å². The van der Waals surface area contributed by atoms with Crippen molar-refractivity contribution in [3.8, 4) is 0 Å². The summed E-state index contributed by atoms with van der Waals surface area (Å²) in [6.45, 7) is 3.35. The molecule has 1 rings (SSSR count). The largest absolute Gasteiger partial charge is 0.476 e. The van der Waals surface area contributed by atoms with Crippen LogP contribution in [0.1, 0.15) is 6.92 Å². The van der Waals surface area contributed by atoms with Crippen molar-refractivity contribution in [3.05, 3.63) is 11.9 Å². The molecule has 5 heteroatoms. The average molecular weight is 171 g/mol. The van der Waals surface area contributed by atoms with Gasteiger partial charge in [0.15, 0.2) is 0 Å². The Labute approximate surface area is 70.9 Å². The van der Waals surface area contributed by atoms with Crippen LogP contribution in [0.3, 0.4) is 0 Å². The van der Waals surface area contributed by atoms with Crippen molar-refractivity contribution in [2.45, 2.75) is 6.92 Å². The van der Waals surface area contributed by atoms with Crippen LogP contribution in [-0.4, -0.2) is 24.3 Å². The fraction of sp³-hybridized carbons (Fsp3) is 0.571. The normalized spacial score (nSPS) is 24.3. The summed E-state index contributed by atoms with van der Waals surface area (Å²) in [6.07, 6.45) is 1.22. The van der Waals surface area contributed by atoms with E-state index in [0.29, 0.717) is 30.7 Å². The second-order valence-corrected chi connectivity index (χ2v) is 2.75. The summed E-state index contributed by atoms with van der Waals surface area (Å²) in [4.78, 5) is 4.08. The summed E-state index contributed by atoms with van der Waals surface area (Å²) in [5.41, 5.74) is 7.43. The number of hydrogen-bond acceptors (Lipinski definition) is 5. The Kier molecular flexibility index (Phi) is 2.93. The van der Waals surface area contributed by atoms with E-state index in [2.05, 4.69) is 4.99 Å². The topological polar surface area (TPSA) is 79.9 Å². The van der Waals surface area contributed by atoms with Crippen LogP contribution in [0, 0.1) is 5.92 Å². The van der Waals surface area contributed by atoms with Gasteiger partial charge in [0.1, 0.15) is 5.70 Å². The van der Waals surface area contributed by atoms with Gasteiger partial charge in [0.2, 0.25) is 5.90 Å². The van der Waals surface area contributed by atoms with E-state index in [4.69, 9.17) is 15.7 Å². The molecule has 0 aromatic carbocycles. The monoisotopic (exact) mass is 171 g/mol. The van der Waals surface area contributed by atoms with Crippen LogP contribution in [0.4, 0.5) is 0 Å². The standard InChI is InChI=1S/C7H13N3O2/c1-5-3-9-7(12-4-5)6(2-8)10-11/h2,5,10-11H,3-4,8H2,1H3/b6-2+. The first-order chi connectivity index (χ1) is 5.77. The minimum Gasteiger partial charge on any atom is -0.476 e. The van der Waals surface area contributed by atoms with Crippen molar-refractivity contribution < 1.29 is 9.94 Å². The zero-order valence-electron chi connectivity index (χ0n) is 6.95. The van der Waals surface area contributed by atoms with E-state index in [0.717, 1.165) is 0 Å². The van der Waals surface area contributed by atoms with E-state index in [9.17, 15) is 0 Å². The van der Waals surface area contributed by atoms with E-state index in [1.165, 1.54) is 6.20 Å². The summed E-state index contributed by atoms with van der Waals surface area (Å²) in [5, 5.41) is 8.59. The number of rotatable bonds is 2. The van der Waals surface area contributed by atoms with Gasteiger partial charge in [-0.2, -0.15) is 0 Å². The number of ether oxygens (including phenoxy) is 1. The van der Waals surface area contributed by atoms with Crippen LogP contribution in [-0.2, 0) is 4.74 Å². The molecule has 1 unspecified atom stereocenters. The molecule has 0 radical (unpaired) electrons. The van der Waals surface area contributed by atoms with Gasteiger partial charge in [-0.25, -0.2) is 4.99 Å². The van der Waals surface area contributed by atoms with E-state index < -0.39 is 0 Å². The highest BCUT2D eigenvalue weighted by Gasteiger charge is 2.15. The summed E-state index contributed by atoms with van der Waals surface area (Å²) in [5.74, 6) is 0.796. The first kappa shape index (κ1) is 8.86. The second-order valence-electron chi connectivity index (χ2n) is 2.75. The highest BCUT2D eigenvalue weighted by Crippen LogP contribution is 2.07.